The van der Waals surface area contributed by atoms with Crippen LogP contribution in [0.1, 0.15) is 60.9 Å². The molecule has 8 heteroatoms. The molecule has 1 aliphatic rings. The molecule has 43 heavy (non-hydrogen) atoms. The molecule has 222 valence electrons. The van der Waals surface area contributed by atoms with Crippen molar-refractivity contribution in [3.05, 3.63) is 118 Å². The molecule has 2 heterocycles. The average molecular weight is 616 g/mol. The molecular formula is C35H36Cl2N4O2. The summed E-state index contributed by atoms with van der Waals surface area (Å²) in [5.41, 5.74) is 5.80. The number of aromatic nitrogens is 1. The van der Waals surface area contributed by atoms with Gasteiger partial charge in [-0.1, -0.05) is 85.2 Å². The molecule has 0 saturated carbocycles. The van der Waals surface area contributed by atoms with Gasteiger partial charge < -0.3 is 20.1 Å². The molecule has 1 fully saturated rings. The topological polar surface area (TPSA) is 68.4 Å². The number of aromatic amines is 1. The van der Waals surface area contributed by atoms with E-state index in [0.29, 0.717) is 28.8 Å². The van der Waals surface area contributed by atoms with Crippen LogP contribution in [-0.4, -0.2) is 45.7 Å². The van der Waals surface area contributed by atoms with Crippen LogP contribution < -0.4 is 5.32 Å². The fourth-order valence-electron chi connectivity index (χ4n) is 5.92. The second kappa shape index (κ2) is 12.7. The van der Waals surface area contributed by atoms with Gasteiger partial charge in [-0.2, -0.15) is 0 Å². The Balaban J connectivity index is 1.70. The minimum absolute atomic E-state index is 0.00561. The molecule has 4 aromatic rings. The second-order valence-electron chi connectivity index (χ2n) is 11.2. The van der Waals surface area contributed by atoms with Crippen LogP contribution in [0.25, 0.3) is 22.2 Å². The number of benzene rings is 3. The first kappa shape index (κ1) is 30.5. The van der Waals surface area contributed by atoms with Crippen molar-refractivity contribution in [2.45, 2.75) is 39.8 Å². The predicted octanol–water partition coefficient (Wildman–Crippen LogP) is 8.17. The van der Waals surface area contributed by atoms with Gasteiger partial charge in [0.2, 0.25) is 5.91 Å². The van der Waals surface area contributed by atoms with Gasteiger partial charge >= 0.3 is 0 Å². The number of halogens is 2. The minimum Gasteiger partial charge on any atom is -0.350 e. The maximum Gasteiger partial charge on any atom is 0.268 e. The summed E-state index contributed by atoms with van der Waals surface area (Å²) in [6, 6.07) is 23.2. The molecule has 2 amide bonds. The summed E-state index contributed by atoms with van der Waals surface area (Å²) < 4.78 is 0. The number of H-pyrrole nitrogens is 1. The van der Waals surface area contributed by atoms with E-state index in [4.69, 9.17) is 23.2 Å². The van der Waals surface area contributed by atoms with Crippen molar-refractivity contribution in [1.82, 2.24) is 20.1 Å². The van der Waals surface area contributed by atoms with Gasteiger partial charge in [0, 0.05) is 46.5 Å². The number of hydrogen-bond acceptors (Lipinski definition) is 3. The zero-order valence-electron chi connectivity index (χ0n) is 24.8. The van der Waals surface area contributed by atoms with Crippen molar-refractivity contribution >= 4 is 57.2 Å². The summed E-state index contributed by atoms with van der Waals surface area (Å²) in [5, 5.41) is 5.31. The monoisotopic (exact) mass is 614 g/mol. The molecule has 0 aliphatic carbocycles. The lowest BCUT2D eigenvalue weighted by molar-refractivity contribution is -0.127. The summed E-state index contributed by atoms with van der Waals surface area (Å²) >= 11 is 12.6. The van der Waals surface area contributed by atoms with Gasteiger partial charge in [-0.05, 0) is 66.9 Å². The van der Waals surface area contributed by atoms with Gasteiger partial charge in [0.15, 0.2) is 0 Å². The van der Waals surface area contributed by atoms with Gasteiger partial charge in [-0.3, -0.25) is 9.59 Å². The molecule has 1 aromatic heterocycles. The normalized spacial score (nSPS) is 17.9. The molecule has 5 rings (SSSR count). The number of carbonyl (C=O) groups excluding carboxylic acids is 2. The quantitative estimate of drug-likeness (QED) is 0.210. The van der Waals surface area contributed by atoms with Gasteiger partial charge in [-0.25, -0.2) is 0 Å². The standard InChI is InChI=1S/C35H36Cl2N4O2/c1-6-41(23(4)26-12-14-27(36)15-13-26)34(22(3)25-10-8-7-9-11-25)32-29-17-16-28(37)18-30(29)38-33(32)35(43)39-31-20-40(24(5)42)19-21(31)2/h6-18,21,23,31,38H,1,19-20H2,2-5H3,(H,39,43)/b34-22+/t21-,23?,31?/m1/s1. The Hall–Kier alpha value is -4.00. The Morgan fingerprint density at radius 2 is 1.70 bits per heavy atom. The number of carbonyl (C=O) groups is 2. The largest absolute Gasteiger partial charge is 0.350 e. The first-order valence-electron chi connectivity index (χ1n) is 14.4. The van der Waals surface area contributed by atoms with Crippen molar-refractivity contribution in [2.24, 2.45) is 5.92 Å². The highest BCUT2D eigenvalue weighted by molar-refractivity contribution is 6.31. The van der Waals surface area contributed by atoms with Crippen LogP contribution in [0.3, 0.4) is 0 Å². The summed E-state index contributed by atoms with van der Waals surface area (Å²) in [6.45, 7) is 13.1. The minimum atomic E-state index is -0.244. The lowest BCUT2D eigenvalue weighted by Crippen LogP contribution is -2.40. The van der Waals surface area contributed by atoms with Gasteiger partial charge in [0.1, 0.15) is 5.69 Å². The third-order valence-corrected chi connectivity index (χ3v) is 8.87. The fraction of sp³-hybridized carbons (Fsp3) is 0.257. The number of nitrogens with one attached hydrogen (secondary N) is 2. The highest BCUT2D eigenvalue weighted by Gasteiger charge is 2.34. The lowest BCUT2D eigenvalue weighted by Gasteiger charge is -2.33. The molecule has 2 unspecified atom stereocenters. The number of amides is 2. The van der Waals surface area contributed by atoms with Crippen LogP contribution in [0.4, 0.5) is 0 Å². The molecule has 3 atom stereocenters. The van der Waals surface area contributed by atoms with E-state index in [0.717, 1.165) is 38.9 Å². The molecule has 0 radical (unpaired) electrons. The van der Waals surface area contributed by atoms with Gasteiger partial charge in [0.05, 0.1) is 17.8 Å². The molecule has 1 saturated heterocycles. The van der Waals surface area contributed by atoms with E-state index in [1.54, 1.807) is 18.0 Å². The number of allylic oxidation sites excluding steroid dienone is 1. The first-order valence-corrected chi connectivity index (χ1v) is 15.1. The van der Waals surface area contributed by atoms with E-state index in [1.165, 1.54) is 0 Å². The number of rotatable bonds is 8. The van der Waals surface area contributed by atoms with E-state index in [-0.39, 0.29) is 29.8 Å². The second-order valence-corrected chi connectivity index (χ2v) is 12.1. The molecule has 0 spiro atoms. The Labute approximate surface area is 263 Å². The number of hydrogen-bond donors (Lipinski definition) is 2. The van der Waals surface area contributed by atoms with Crippen molar-refractivity contribution in [3.8, 4) is 0 Å². The molecule has 6 nitrogen and oxygen atoms in total. The fourth-order valence-corrected chi connectivity index (χ4v) is 6.22. The van der Waals surface area contributed by atoms with Crippen LogP contribution in [0.15, 0.2) is 85.6 Å². The lowest BCUT2D eigenvalue weighted by atomic mass is 9.95. The highest BCUT2D eigenvalue weighted by atomic mass is 35.5. The molecule has 0 bridgehead atoms. The summed E-state index contributed by atoms with van der Waals surface area (Å²) in [5.74, 6) is -0.122. The van der Waals surface area contributed by atoms with Crippen LogP contribution in [0, 0.1) is 5.92 Å². The van der Waals surface area contributed by atoms with Crippen LogP contribution >= 0.6 is 23.2 Å². The smallest absolute Gasteiger partial charge is 0.268 e. The summed E-state index contributed by atoms with van der Waals surface area (Å²) in [7, 11) is 0. The highest BCUT2D eigenvalue weighted by Crippen LogP contribution is 2.41. The third-order valence-electron chi connectivity index (χ3n) is 8.39. The number of likely N-dealkylation sites (tertiary alicyclic amines) is 1. The number of fused-ring (bicyclic) bond motifs is 1. The van der Waals surface area contributed by atoms with E-state index in [2.05, 4.69) is 54.7 Å². The molecule has 1 aliphatic heterocycles. The van der Waals surface area contributed by atoms with Crippen LogP contribution in [-0.2, 0) is 4.79 Å². The van der Waals surface area contributed by atoms with E-state index >= 15 is 0 Å². The van der Waals surface area contributed by atoms with E-state index in [9.17, 15) is 9.59 Å². The van der Waals surface area contributed by atoms with Gasteiger partial charge in [-0.15, -0.1) is 0 Å². The zero-order chi connectivity index (χ0) is 30.8. The maximum absolute atomic E-state index is 14.2. The summed E-state index contributed by atoms with van der Waals surface area (Å²) in [4.78, 5) is 33.5. The Kier molecular flexibility index (Phi) is 9.00. The maximum atomic E-state index is 14.2. The molecule has 2 N–H and O–H groups in total. The third kappa shape index (κ3) is 6.22. The molecular weight excluding hydrogens is 579 g/mol. The zero-order valence-corrected chi connectivity index (χ0v) is 26.3. The van der Waals surface area contributed by atoms with Crippen LogP contribution in [0.5, 0.6) is 0 Å². The van der Waals surface area contributed by atoms with Crippen molar-refractivity contribution in [3.63, 3.8) is 0 Å². The Morgan fingerprint density at radius 1 is 1.02 bits per heavy atom. The average Bonchev–Trinajstić information content (AvgIpc) is 3.55. The van der Waals surface area contributed by atoms with Gasteiger partial charge in [0.25, 0.3) is 5.91 Å². The Bertz CT molecular complexity index is 1690. The SMILES string of the molecule is C=CN(/C(=C(\C)c1ccccc1)c1c(C(=O)NC2CN(C(C)=O)C[C@H]2C)[nH]c2cc(Cl)ccc12)C(C)c1ccc(Cl)cc1. The predicted molar refractivity (Wildman–Crippen MR) is 177 cm³/mol. The summed E-state index contributed by atoms with van der Waals surface area (Å²) in [6.07, 6.45) is 1.81. The van der Waals surface area contributed by atoms with Crippen LogP contribution in [0.2, 0.25) is 10.0 Å². The van der Waals surface area contributed by atoms with Crippen molar-refractivity contribution in [1.29, 1.82) is 0 Å². The Morgan fingerprint density at radius 3 is 2.33 bits per heavy atom. The number of nitrogens with zero attached hydrogens (tertiary/aromatic N) is 2. The van der Waals surface area contributed by atoms with E-state index < -0.39 is 0 Å². The van der Waals surface area contributed by atoms with Crippen molar-refractivity contribution in [2.75, 3.05) is 13.1 Å². The van der Waals surface area contributed by atoms with E-state index in [1.807, 2.05) is 60.7 Å². The first-order chi connectivity index (χ1) is 20.6. The molecule has 3 aromatic carbocycles. The van der Waals surface area contributed by atoms with Crippen molar-refractivity contribution < 1.29 is 9.59 Å².